The second-order valence-electron chi connectivity index (χ2n) is 7.27. The van der Waals surface area contributed by atoms with Crippen molar-refractivity contribution in [1.82, 2.24) is 0 Å². The molecule has 0 spiro atoms. The molecule has 0 bridgehead atoms. The number of nitrogens with zero attached hydrogens (tertiary/aromatic N) is 2. The summed E-state index contributed by atoms with van der Waals surface area (Å²) in [5.41, 5.74) is 2.35. The number of fused-ring (bicyclic) bond motifs is 3. The molecule has 2 aliphatic rings. The molecule has 0 aromatic heterocycles. The molecule has 1 fully saturated rings. The minimum Gasteiger partial charge on any atom is -0.449 e. The highest BCUT2D eigenvalue weighted by molar-refractivity contribution is 6.06. The fourth-order valence-electron chi connectivity index (χ4n) is 3.76. The lowest BCUT2D eigenvalue weighted by atomic mass is 10.1. The number of ether oxygens (including phenoxy) is 1. The van der Waals surface area contributed by atoms with Gasteiger partial charge in [-0.25, -0.2) is 4.79 Å². The lowest BCUT2D eigenvalue weighted by Crippen LogP contribution is -2.43. The minimum absolute atomic E-state index is 0.0746. The van der Waals surface area contributed by atoms with E-state index in [9.17, 15) is 14.4 Å². The van der Waals surface area contributed by atoms with Gasteiger partial charge in [0.1, 0.15) is 12.1 Å². The van der Waals surface area contributed by atoms with Crippen molar-refractivity contribution < 1.29 is 19.1 Å². The van der Waals surface area contributed by atoms with Crippen molar-refractivity contribution in [1.29, 1.82) is 5.26 Å². The van der Waals surface area contributed by atoms with Crippen molar-refractivity contribution in [3.05, 3.63) is 53.6 Å². The van der Waals surface area contributed by atoms with Gasteiger partial charge < -0.3 is 20.3 Å². The Hall–Kier alpha value is -3.86. The standard InChI is InChI=1S/C22H20N4O4/c1-13(20(27)24-16-6-3-2-5-15(16)12-23)30-22(29)14-8-9-18-17(11-14)25-21(28)19-7-4-10-26(18)19/h2-3,5-6,8-9,11,13,19H,4,7,10H2,1H3,(H,24,27)(H,25,28)/t13-,19-/m0/s1. The number of hydrogen-bond acceptors (Lipinski definition) is 6. The van der Waals surface area contributed by atoms with Gasteiger partial charge in [0, 0.05) is 6.54 Å². The van der Waals surface area contributed by atoms with Crippen LogP contribution in [0.1, 0.15) is 35.7 Å². The van der Waals surface area contributed by atoms with Crippen LogP contribution in [0.5, 0.6) is 0 Å². The topological polar surface area (TPSA) is 112 Å². The van der Waals surface area contributed by atoms with E-state index >= 15 is 0 Å². The predicted octanol–water partition coefficient (Wildman–Crippen LogP) is 2.66. The van der Waals surface area contributed by atoms with Crippen molar-refractivity contribution in [3.63, 3.8) is 0 Å². The van der Waals surface area contributed by atoms with Gasteiger partial charge >= 0.3 is 5.97 Å². The summed E-state index contributed by atoms with van der Waals surface area (Å²) >= 11 is 0. The van der Waals surface area contributed by atoms with Crippen LogP contribution in [0.4, 0.5) is 17.1 Å². The molecule has 4 rings (SSSR count). The second-order valence-corrected chi connectivity index (χ2v) is 7.27. The molecule has 152 valence electrons. The molecule has 8 heteroatoms. The van der Waals surface area contributed by atoms with Crippen LogP contribution in [0.15, 0.2) is 42.5 Å². The third-order valence-electron chi connectivity index (χ3n) is 5.31. The normalized spacial score (nSPS) is 17.8. The average Bonchev–Trinajstić information content (AvgIpc) is 3.24. The average molecular weight is 404 g/mol. The molecule has 2 aromatic rings. The Bertz CT molecular complexity index is 1080. The van der Waals surface area contributed by atoms with Crippen LogP contribution in [0.25, 0.3) is 0 Å². The van der Waals surface area contributed by atoms with Crippen LogP contribution in [0.3, 0.4) is 0 Å². The molecule has 30 heavy (non-hydrogen) atoms. The van der Waals surface area contributed by atoms with Gasteiger partial charge in [-0.2, -0.15) is 5.26 Å². The quantitative estimate of drug-likeness (QED) is 0.758. The lowest BCUT2D eigenvalue weighted by molar-refractivity contribution is -0.123. The Kier molecular flexibility index (Phi) is 5.11. The predicted molar refractivity (Wildman–Crippen MR) is 110 cm³/mol. The van der Waals surface area contributed by atoms with E-state index in [0.29, 0.717) is 16.9 Å². The van der Waals surface area contributed by atoms with Crippen LogP contribution in [-0.4, -0.2) is 36.5 Å². The molecule has 2 heterocycles. The van der Waals surface area contributed by atoms with Gasteiger partial charge in [0.2, 0.25) is 5.91 Å². The Morgan fingerprint density at radius 3 is 2.90 bits per heavy atom. The molecule has 2 aliphatic heterocycles. The van der Waals surface area contributed by atoms with E-state index in [1.165, 1.54) is 6.92 Å². The Balaban J connectivity index is 1.45. The molecule has 0 saturated carbocycles. The van der Waals surface area contributed by atoms with E-state index in [4.69, 9.17) is 10.00 Å². The summed E-state index contributed by atoms with van der Waals surface area (Å²) in [4.78, 5) is 39.3. The molecule has 8 nitrogen and oxygen atoms in total. The number of benzene rings is 2. The molecule has 0 radical (unpaired) electrons. The van der Waals surface area contributed by atoms with Crippen LogP contribution in [-0.2, 0) is 14.3 Å². The number of para-hydroxylation sites is 1. The number of amides is 2. The Morgan fingerprint density at radius 1 is 1.30 bits per heavy atom. The highest BCUT2D eigenvalue weighted by Gasteiger charge is 2.36. The van der Waals surface area contributed by atoms with Gasteiger partial charge in [0.05, 0.1) is 28.2 Å². The third kappa shape index (κ3) is 3.57. The van der Waals surface area contributed by atoms with Crippen LogP contribution in [0, 0.1) is 11.3 Å². The first-order valence-electron chi connectivity index (χ1n) is 9.70. The second kappa shape index (κ2) is 7.87. The van der Waals surface area contributed by atoms with E-state index in [1.807, 2.05) is 11.0 Å². The molecular formula is C22H20N4O4. The van der Waals surface area contributed by atoms with Gasteiger partial charge in [-0.1, -0.05) is 12.1 Å². The molecule has 0 aliphatic carbocycles. The van der Waals surface area contributed by atoms with E-state index < -0.39 is 18.0 Å². The van der Waals surface area contributed by atoms with Gasteiger partial charge in [-0.15, -0.1) is 0 Å². The number of rotatable bonds is 4. The first-order valence-corrected chi connectivity index (χ1v) is 9.70. The van der Waals surface area contributed by atoms with Crippen LogP contribution < -0.4 is 15.5 Å². The molecule has 2 atom stereocenters. The number of carbonyl (C=O) groups is 3. The number of nitriles is 1. The highest BCUT2D eigenvalue weighted by atomic mass is 16.5. The summed E-state index contributed by atoms with van der Waals surface area (Å²) < 4.78 is 5.29. The number of anilines is 3. The maximum atomic E-state index is 12.5. The van der Waals surface area contributed by atoms with Crippen molar-refractivity contribution in [2.45, 2.75) is 31.9 Å². The summed E-state index contributed by atoms with van der Waals surface area (Å²) in [6, 6.07) is 13.4. The maximum absolute atomic E-state index is 12.5. The summed E-state index contributed by atoms with van der Waals surface area (Å²) in [5.74, 6) is -1.29. The van der Waals surface area contributed by atoms with E-state index in [0.717, 1.165) is 25.1 Å². The van der Waals surface area contributed by atoms with Crippen molar-refractivity contribution in [3.8, 4) is 6.07 Å². The van der Waals surface area contributed by atoms with Gasteiger partial charge in [-0.3, -0.25) is 9.59 Å². The first kappa shape index (κ1) is 19.5. The van der Waals surface area contributed by atoms with Gasteiger partial charge in [-0.05, 0) is 50.1 Å². The Labute approximate surface area is 173 Å². The molecule has 0 unspecified atom stereocenters. The summed E-state index contributed by atoms with van der Waals surface area (Å²) in [5, 5.41) is 14.6. The maximum Gasteiger partial charge on any atom is 0.338 e. The largest absolute Gasteiger partial charge is 0.449 e. The number of hydrogen-bond donors (Lipinski definition) is 2. The summed E-state index contributed by atoms with van der Waals surface area (Å²) in [7, 11) is 0. The first-order chi connectivity index (χ1) is 14.5. The number of nitrogens with one attached hydrogen (secondary N) is 2. The van der Waals surface area contributed by atoms with Crippen LogP contribution in [0.2, 0.25) is 0 Å². The van der Waals surface area contributed by atoms with E-state index in [2.05, 4.69) is 10.6 Å². The molecular weight excluding hydrogens is 384 g/mol. The van der Waals surface area contributed by atoms with E-state index in [-0.39, 0.29) is 17.5 Å². The number of esters is 1. The van der Waals surface area contributed by atoms with Crippen molar-refractivity contribution >= 4 is 34.8 Å². The monoisotopic (exact) mass is 404 g/mol. The summed E-state index contributed by atoms with van der Waals surface area (Å²) in [6.07, 6.45) is 0.692. The molecule has 2 N–H and O–H groups in total. The van der Waals surface area contributed by atoms with Crippen LogP contribution >= 0.6 is 0 Å². The van der Waals surface area contributed by atoms with Crippen molar-refractivity contribution in [2.75, 3.05) is 22.1 Å². The zero-order chi connectivity index (χ0) is 21.3. The zero-order valence-corrected chi connectivity index (χ0v) is 16.3. The molecule has 2 aromatic carbocycles. The fraction of sp³-hybridized carbons (Fsp3) is 0.273. The molecule has 2 amide bonds. The number of carbonyl (C=O) groups excluding carboxylic acids is 3. The fourth-order valence-corrected chi connectivity index (χ4v) is 3.76. The lowest BCUT2D eigenvalue weighted by Gasteiger charge is -2.33. The van der Waals surface area contributed by atoms with E-state index in [1.54, 1.807) is 42.5 Å². The highest BCUT2D eigenvalue weighted by Crippen LogP contribution is 2.37. The smallest absolute Gasteiger partial charge is 0.338 e. The zero-order valence-electron chi connectivity index (χ0n) is 16.3. The Morgan fingerprint density at radius 2 is 2.10 bits per heavy atom. The van der Waals surface area contributed by atoms with Gasteiger partial charge in [0.15, 0.2) is 6.10 Å². The molecule has 1 saturated heterocycles. The van der Waals surface area contributed by atoms with Gasteiger partial charge in [0.25, 0.3) is 5.91 Å². The third-order valence-corrected chi connectivity index (χ3v) is 5.31. The minimum atomic E-state index is -1.07. The van der Waals surface area contributed by atoms with Crippen molar-refractivity contribution in [2.24, 2.45) is 0 Å². The SMILES string of the molecule is C[C@H](OC(=O)c1ccc2c(c1)NC(=O)[C@@H]1CCCN21)C(=O)Nc1ccccc1C#N. The summed E-state index contributed by atoms with van der Waals surface area (Å²) in [6.45, 7) is 2.26.